The van der Waals surface area contributed by atoms with Gasteiger partial charge in [0.2, 0.25) is 0 Å². The summed E-state index contributed by atoms with van der Waals surface area (Å²) in [5.74, 6) is 6.81. The lowest BCUT2D eigenvalue weighted by Crippen LogP contribution is -2.14. The summed E-state index contributed by atoms with van der Waals surface area (Å²) in [6.45, 7) is 7.59. The molecule has 0 atom stereocenters. The van der Waals surface area contributed by atoms with E-state index in [4.69, 9.17) is 5.84 Å². The van der Waals surface area contributed by atoms with Gasteiger partial charge in [-0.25, -0.2) is 10.8 Å². The zero-order chi connectivity index (χ0) is 11.3. The van der Waals surface area contributed by atoms with Crippen LogP contribution in [0.1, 0.15) is 27.2 Å². The molecule has 1 rings (SSSR count). The normalized spacial score (nSPS) is 11.2. The maximum Gasteiger partial charge on any atom is 0.142 e. The Morgan fingerprint density at radius 2 is 1.93 bits per heavy atom. The van der Waals surface area contributed by atoms with E-state index in [0.29, 0.717) is 11.2 Å². The molecule has 0 fully saturated rings. The van der Waals surface area contributed by atoms with Crippen LogP contribution in [-0.4, -0.2) is 11.5 Å². The molecule has 0 saturated heterocycles. The maximum atomic E-state index is 5.28. The number of hydrogen-bond acceptors (Lipinski definition) is 4. The van der Waals surface area contributed by atoms with Crippen molar-refractivity contribution in [2.45, 2.75) is 27.2 Å². The number of nitrogen functional groups attached to an aromatic ring is 1. The Balaban J connectivity index is 2.44. The molecule has 0 unspecified atom stereocenters. The third-order valence-corrected chi connectivity index (χ3v) is 2.08. The van der Waals surface area contributed by atoms with E-state index in [9.17, 15) is 0 Å². The van der Waals surface area contributed by atoms with Crippen molar-refractivity contribution >= 4 is 11.6 Å². The first kappa shape index (κ1) is 11.8. The van der Waals surface area contributed by atoms with Crippen molar-refractivity contribution in [2.75, 3.05) is 17.3 Å². The standard InChI is InChI=1S/C11H20N4/c1-11(2,3)7-8-13-9-5-4-6-10(14-9)15-12/h4-6H,7-8,12H2,1-3H3,(H2,13,14,15). The molecule has 0 aliphatic carbocycles. The van der Waals surface area contributed by atoms with Gasteiger partial charge in [-0.3, -0.25) is 0 Å². The molecule has 0 amide bonds. The minimum atomic E-state index is 0.344. The van der Waals surface area contributed by atoms with Crippen molar-refractivity contribution in [3.63, 3.8) is 0 Å². The van der Waals surface area contributed by atoms with E-state index in [1.54, 1.807) is 0 Å². The predicted molar refractivity (Wildman–Crippen MR) is 64.6 cm³/mol. The molecule has 0 saturated carbocycles. The van der Waals surface area contributed by atoms with Crippen molar-refractivity contribution in [1.29, 1.82) is 0 Å². The van der Waals surface area contributed by atoms with Gasteiger partial charge in [0, 0.05) is 6.54 Å². The average molecular weight is 208 g/mol. The topological polar surface area (TPSA) is 63.0 Å². The summed E-state index contributed by atoms with van der Waals surface area (Å²) in [6, 6.07) is 5.68. The molecular formula is C11H20N4. The smallest absolute Gasteiger partial charge is 0.142 e. The molecule has 4 heteroatoms. The SMILES string of the molecule is CC(C)(C)CCNc1cccc(NN)n1. The summed E-state index contributed by atoms with van der Waals surface area (Å²) in [7, 11) is 0. The largest absolute Gasteiger partial charge is 0.370 e. The van der Waals surface area contributed by atoms with Gasteiger partial charge in [0.25, 0.3) is 0 Å². The summed E-state index contributed by atoms with van der Waals surface area (Å²) >= 11 is 0. The Morgan fingerprint density at radius 3 is 2.53 bits per heavy atom. The predicted octanol–water partition coefficient (Wildman–Crippen LogP) is 2.22. The van der Waals surface area contributed by atoms with Crippen LogP contribution >= 0.6 is 0 Å². The van der Waals surface area contributed by atoms with Crippen LogP contribution in [0.25, 0.3) is 0 Å². The Labute approximate surface area is 91.3 Å². The van der Waals surface area contributed by atoms with E-state index >= 15 is 0 Å². The summed E-state index contributed by atoms with van der Waals surface area (Å²) in [5.41, 5.74) is 2.87. The van der Waals surface area contributed by atoms with Gasteiger partial charge < -0.3 is 10.7 Å². The molecule has 0 spiro atoms. The highest BCUT2D eigenvalue weighted by molar-refractivity contribution is 5.44. The number of rotatable bonds is 4. The van der Waals surface area contributed by atoms with Crippen LogP contribution in [0.5, 0.6) is 0 Å². The molecule has 4 nitrogen and oxygen atoms in total. The Morgan fingerprint density at radius 1 is 1.27 bits per heavy atom. The minimum absolute atomic E-state index is 0.344. The van der Waals surface area contributed by atoms with Gasteiger partial charge in [-0.05, 0) is 24.0 Å². The molecule has 0 aliphatic rings. The molecule has 4 N–H and O–H groups in total. The van der Waals surface area contributed by atoms with E-state index in [1.165, 1.54) is 0 Å². The highest BCUT2D eigenvalue weighted by atomic mass is 15.3. The number of anilines is 2. The molecule has 0 bridgehead atoms. The zero-order valence-electron chi connectivity index (χ0n) is 9.67. The third kappa shape index (κ3) is 4.65. The van der Waals surface area contributed by atoms with Crippen molar-refractivity contribution in [3.8, 4) is 0 Å². The second-order valence-electron chi connectivity index (χ2n) is 4.79. The zero-order valence-corrected chi connectivity index (χ0v) is 9.67. The summed E-state index contributed by atoms with van der Waals surface area (Å²) < 4.78 is 0. The second kappa shape index (κ2) is 4.98. The van der Waals surface area contributed by atoms with Gasteiger partial charge in [-0.1, -0.05) is 26.8 Å². The number of hydrogen-bond donors (Lipinski definition) is 3. The van der Waals surface area contributed by atoms with E-state index in [0.717, 1.165) is 18.8 Å². The number of pyridine rings is 1. The molecule has 0 radical (unpaired) electrons. The summed E-state index contributed by atoms with van der Waals surface area (Å²) in [5, 5.41) is 3.27. The number of nitrogens with zero attached hydrogens (tertiary/aromatic N) is 1. The van der Waals surface area contributed by atoms with E-state index in [1.807, 2.05) is 18.2 Å². The van der Waals surface area contributed by atoms with Gasteiger partial charge in [0.05, 0.1) is 0 Å². The maximum absolute atomic E-state index is 5.28. The molecule has 0 aromatic carbocycles. The van der Waals surface area contributed by atoms with Gasteiger partial charge in [0.15, 0.2) is 0 Å². The fraction of sp³-hybridized carbons (Fsp3) is 0.545. The lowest BCUT2D eigenvalue weighted by molar-refractivity contribution is 0.389. The van der Waals surface area contributed by atoms with Crippen LogP contribution in [0.15, 0.2) is 18.2 Å². The van der Waals surface area contributed by atoms with Crippen LogP contribution in [0, 0.1) is 5.41 Å². The molecule has 1 aromatic heterocycles. The van der Waals surface area contributed by atoms with Gasteiger partial charge >= 0.3 is 0 Å². The Kier molecular flexibility index (Phi) is 3.91. The van der Waals surface area contributed by atoms with Crippen LogP contribution in [0.2, 0.25) is 0 Å². The number of nitrogens with two attached hydrogens (primary N) is 1. The van der Waals surface area contributed by atoms with Crippen LogP contribution < -0.4 is 16.6 Å². The van der Waals surface area contributed by atoms with Crippen molar-refractivity contribution < 1.29 is 0 Å². The highest BCUT2D eigenvalue weighted by Gasteiger charge is 2.09. The number of hydrazine groups is 1. The van der Waals surface area contributed by atoms with Gasteiger partial charge in [0.1, 0.15) is 11.6 Å². The first-order valence-electron chi connectivity index (χ1n) is 5.19. The molecule has 84 valence electrons. The third-order valence-electron chi connectivity index (χ3n) is 2.08. The number of nitrogens with one attached hydrogen (secondary N) is 2. The summed E-state index contributed by atoms with van der Waals surface area (Å²) in [6.07, 6.45) is 1.11. The minimum Gasteiger partial charge on any atom is -0.370 e. The first-order valence-corrected chi connectivity index (χ1v) is 5.19. The molecule has 1 heterocycles. The highest BCUT2D eigenvalue weighted by Crippen LogP contribution is 2.18. The van der Waals surface area contributed by atoms with Crippen LogP contribution in [0.4, 0.5) is 11.6 Å². The monoisotopic (exact) mass is 208 g/mol. The first-order chi connectivity index (χ1) is 7.01. The van der Waals surface area contributed by atoms with Crippen LogP contribution in [-0.2, 0) is 0 Å². The van der Waals surface area contributed by atoms with Crippen molar-refractivity contribution in [2.24, 2.45) is 11.3 Å². The Hall–Kier alpha value is -1.29. The van der Waals surface area contributed by atoms with Gasteiger partial charge in [-0.15, -0.1) is 0 Å². The quantitative estimate of drug-likeness (QED) is 0.524. The Bertz CT molecular complexity index is 304. The molecule has 0 aliphatic heterocycles. The average Bonchev–Trinajstić information content (AvgIpc) is 2.16. The summed E-state index contributed by atoms with van der Waals surface area (Å²) in [4.78, 5) is 4.26. The van der Waals surface area contributed by atoms with Crippen LogP contribution in [0.3, 0.4) is 0 Å². The van der Waals surface area contributed by atoms with Crippen molar-refractivity contribution in [1.82, 2.24) is 4.98 Å². The van der Waals surface area contributed by atoms with Crippen molar-refractivity contribution in [3.05, 3.63) is 18.2 Å². The van der Waals surface area contributed by atoms with E-state index in [2.05, 4.69) is 36.5 Å². The van der Waals surface area contributed by atoms with E-state index < -0.39 is 0 Å². The van der Waals surface area contributed by atoms with E-state index in [-0.39, 0.29) is 0 Å². The fourth-order valence-electron chi connectivity index (χ4n) is 1.18. The second-order valence-corrected chi connectivity index (χ2v) is 4.79. The lowest BCUT2D eigenvalue weighted by atomic mass is 9.92. The molecule has 15 heavy (non-hydrogen) atoms. The number of aromatic nitrogens is 1. The fourth-order valence-corrected chi connectivity index (χ4v) is 1.18. The molecule has 1 aromatic rings. The van der Waals surface area contributed by atoms with Gasteiger partial charge in [-0.2, -0.15) is 0 Å². The molecular weight excluding hydrogens is 188 g/mol. The lowest BCUT2D eigenvalue weighted by Gasteiger charge is -2.18.